The van der Waals surface area contributed by atoms with Crippen molar-refractivity contribution in [2.75, 3.05) is 36.9 Å². The van der Waals surface area contributed by atoms with E-state index < -0.39 is 0 Å². The summed E-state index contributed by atoms with van der Waals surface area (Å²) >= 11 is 4.00. The number of halogens is 1. The van der Waals surface area contributed by atoms with Gasteiger partial charge in [0.25, 0.3) is 0 Å². The van der Waals surface area contributed by atoms with Gasteiger partial charge in [0.15, 0.2) is 0 Å². The minimum Gasteiger partial charge on any atom is -0.355 e. The molecule has 94 valence electrons. The second-order valence-electron chi connectivity index (χ2n) is 4.00. The van der Waals surface area contributed by atoms with E-state index >= 15 is 0 Å². The van der Waals surface area contributed by atoms with Gasteiger partial charge in [-0.2, -0.15) is 23.5 Å². The smallest absolute Gasteiger partial charge is 0.224 e. The molecule has 2 aliphatic heterocycles. The monoisotopic (exact) mass is 282 g/mol. The maximum atomic E-state index is 11.7. The lowest BCUT2D eigenvalue weighted by Gasteiger charge is -2.21. The number of carbonyl (C=O) groups excluding carboxylic acids is 1. The van der Waals surface area contributed by atoms with Gasteiger partial charge < -0.3 is 10.6 Å². The van der Waals surface area contributed by atoms with Gasteiger partial charge in [-0.25, -0.2) is 0 Å². The Kier molecular flexibility index (Phi) is 6.96. The molecule has 2 saturated heterocycles. The highest BCUT2D eigenvalue weighted by Gasteiger charge is 2.23. The predicted molar refractivity (Wildman–Crippen MR) is 74.8 cm³/mol. The van der Waals surface area contributed by atoms with E-state index in [0.29, 0.717) is 5.25 Å². The second-order valence-corrected chi connectivity index (χ2v) is 6.56. The van der Waals surface area contributed by atoms with Gasteiger partial charge in [-0.05, 0) is 13.0 Å². The van der Waals surface area contributed by atoms with Crippen LogP contribution in [-0.2, 0) is 4.79 Å². The molecule has 0 aliphatic carbocycles. The lowest BCUT2D eigenvalue weighted by atomic mass is 10.1. The fraction of sp³-hybridized carbons (Fsp3) is 0.900. The van der Waals surface area contributed by atoms with E-state index in [-0.39, 0.29) is 24.2 Å². The van der Waals surface area contributed by atoms with Gasteiger partial charge in [0, 0.05) is 35.6 Å². The van der Waals surface area contributed by atoms with Crippen molar-refractivity contribution in [3.8, 4) is 0 Å². The summed E-state index contributed by atoms with van der Waals surface area (Å²) in [7, 11) is 0. The third-order valence-corrected chi connectivity index (χ3v) is 5.66. The van der Waals surface area contributed by atoms with E-state index in [1.807, 2.05) is 23.5 Å². The molecular weight excluding hydrogens is 264 g/mol. The number of nitrogens with one attached hydrogen (secondary N) is 2. The Morgan fingerprint density at radius 2 is 2.31 bits per heavy atom. The van der Waals surface area contributed by atoms with Crippen LogP contribution in [-0.4, -0.2) is 48.0 Å². The molecule has 2 rings (SSSR count). The molecule has 2 atom stereocenters. The summed E-state index contributed by atoms with van der Waals surface area (Å²) in [6.45, 7) is 2.71. The van der Waals surface area contributed by atoms with Crippen LogP contribution in [0.4, 0.5) is 0 Å². The van der Waals surface area contributed by atoms with Crippen molar-refractivity contribution in [2.24, 2.45) is 5.92 Å². The van der Waals surface area contributed by atoms with E-state index in [2.05, 4.69) is 10.6 Å². The van der Waals surface area contributed by atoms with Crippen molar-refractivity contribution in [1.82, 2.24) is 10.6 Å². The Labute approximate surface area is 112 Å². The lowest BCUT2D eigenvalue weighted by Crippen LogP contribution is -2.37. The van der Waals surface area contributed by atoms with Crippen molar-refractivity contribution in [2.45, 2.75) is 11.7 Å². The van der Waals surface area contributed by atoms with Gasteiger partial charge in [0.05, 0.1) is 5.92 Å². The molecule has 1 amide bonds. The first-order valence-electron chi connectivity index (χ1n) is 5.54. The van der Waals surface area contributed by atoms with Crippen LogP contribution in [0.1, 0.15) is 6.42 Å². The Bertz CT molecular complexity index is 219. The highest BCUT2D eigenvalue weighted by Crippen LogP contribution is 2.23. The molecule has 2 unspecified atom stereocenters. The van der Waals surface area contributed by atoms with E-state index in [1.165, 1.54) is 17.3 Å². The average molecular weight is 283 g/mol. The van der Waals surface area contributed by atoms with E-state index in [1.54, 1.807) is 0 Å². The summed E-state index contributed by atoms with van der Waals surface area (Å²) in [5.41, 5.74) is 0. The highest BCUT2D eigenvalue weighted by molar-refractivity contribution is 8.06. The summed E-state index contributed by atoms with van der Waals surface area (Å²) in [6, 6.07) is 0. The minimum absolute atomic E-state index is 0. The number of hydrogen-bond donors (Lipinski definition) is 2. The number of amides is 1. The summed E-state index contributed by atoms with van der Waals surface area (Å²) in [5, 5.41) is 6.93. The van der Waals surface area contributed by atoms with Crippen LogP contribution in [0.25, 0.3) is 0 Å². The Morgan fingerprint density at radius 3 is 2.94 bits per heavy atom. The standard InChI is InChI=1S/C10H18N2OS2.ClH/c13-10(8-1-2-11-5-8)12-6-9-7-14-3-4-15-9;/h8-9,11H,1-7H2,(H,12,13);1H. The normalized spacial score (nSPS) is 29.5. The molecule has 0 saturated carbocycles. The van der Waals surface area contributed by atoms with Crippen molar-refractivity contribution < 1.29 is 4.79 Å². The third-order valence-electron chi connectivity index (χ3n) is 2.82. The van der Waals surface area contributed by atoms with Gasteiger partial charge in [-0.3, -0.25) is 4.79 Å². The first-order chi connectivity index (χ1) is 7.36. The predicted octanol–water partition coefficient (Wildman–Crippen LogP) is 0.982. The number of carbonyl (C=O) groups is 1. The maximum Gasteiger partial charge on any atom is 0.224 e. The van der Waals surface area contributed by atoms with Crippen LogP contribution in [0.15, 0.2) is 0 Å². The largest absolute Gasteiger partial charge is 0.355 e. The van der Waals surface area contributed by atoms with Crippen molar-refractivity contribution >= 4 is 41.8 Å². The van der Waals surface area contributed by atoms with Crippen LogP contribution in [0, 0.1) is 5.92 Å². The Balaban J connectivity index is 0.00000128. The van der Waals surface area contributed by atoms with Gasteiger partial charge in [0.2, 0.25) is 5.91 Å². The van der Waals surface area contributed by atoms with Gasteiger partial charge in [-0.1, -0.05) is 0 Å². The van der Waals surface area contributed by atoms with E-state index in [4.69, 9.17) is 0 Å². The minimum atomic E-state index is 0. The fourth-order valence-corrected chi connectivity index (χ4v) is 4.50. The molecule has 0 aromatic rings. The molecule has 2 N–H and O–H groups in total. The highest BCUT2D eigenvalue weighted by atomic mass is 35.5. The SMILES string of the molecule is Cl.O=C(NCC1CSCCS1)C1CCNC1. The molecular formula is C10H19ClN2OS2. The molecule has 2 aliphatic rings. The number of thioether (sulfide) groups is 2. The number of rotatable bonds is 3. The van der Waals surface area contributed by atoms with Crippen molar-refractivity contribution in [3.63, 3.8) is 0 Å². The van der Waals surface area contributed by atoms with E-state index in [0.717, 1.165) is 26.1 Å². The van der Waals surface area contributed by atoms with Gasteiger partial charge >= 0.3 is 0 Å². The summed E-state index contributed by atoms with van der Waals surface area (Å²) < 4.78 is 0. The molecule has 0 spiro atoms. The zero-order valence-corrected chi connectivity index (χ0v) is 11.7. The summed E-state index contributed by atoms with van der Waals surface area (Å²) in [6.07, 6.45) is 0.998. The van der Waals surface area contributed by atoms with Crippen molar-refractivity contribution in [3.05, 3.63) is 0 Å². The lowest BCUT2D eigenvalue weighted by molar-refractivity contribution is -0.124. The zero-order valence-electron chi connectivity index (χ0n) is 9.24. The van der Waals surface area contributed by atoms with Gasteiger partial charge in [0.1, 0.15) is 0 Å². The van der Waals surface area contributed by atoms with E-state index in [9.17, 15) is 4.79 Å². The average Bonchev–Trinajstić information content (AvgIpc) is 2.81. The number of hydrogen-bond acceptors (Lipinski definition) is 4. The van der Waals surface area contributed by atoms with Crippen LogP contribution in [0.2, 0.25) is 0 Å². The third kappa shape index (κ3) is 4.35. The molecule has 16 heavy (non-hydrogen) atoms. The first-order valence-corrected chi connectivity index (χ1v) is 7.74. The molecule has 0 aromatic heterocycles. The molecule has 0 radical (unpaired) electrons. The fourth-order valence-electron chi connectivity index (χ4n) is 1.89. The summed E-state index contributed by atoms with van der Waals surface area (Å²) in [5.74, 6) is 4.15. The van der Waals surface area contributed by atoms with Gasteiger partial charge in [-0.15, -0.1) is 12.4 Å². The van der Waals surface area contributed by atoms with Crippen LogP contribution in [0.3, 0.4) is 0 Å². The van der Waals surface area contributed by atoms with Crippen LogP contribution in [0.5, 0.6) is 0 Å². The molecule has 6 heteroatoms. The van der Waals surface area contributed by atoms with Crippen LogP contribution >= 0.6 is 35.9 Å². The Morgan fingerprint density at radius 1 is 1.44 bits per heavy atom. The molecule has 2 fully saturated rings. The van der Waals surface area contributed by atoms with Crippen LogP contribution < -0.4 is 10.6 Å². The zero-order chi connectivity index (χ0) is 10.5. The summed E-state index contributed by atoms with van der Waals surface area (Å²) in [4.78, 5) is 11.7. The molecule has 0 aromatic carbocycles. The first kappa shape index (κ1) is 14.5. The molecule has 2 heterocycles. The maximum absolute atomic E-state index is 11.7. The van der Waals surface area contributed by atoms with Crippen molar-refractivity contribution in [1.29, 1.82) is 0 Å². The molecule has 0 bridgehead atoms. The quantitative estimate of drug-likeness (QED) is 0.810. The molecule has 3 nitrogen and oxygen atoms in total. The second kappa shape index (κ2) is 7.69. The Hall–Kier alpha value is 0.420. The topological polar surface area (TPSA) is 41.1 Å².